The van der Waals surface area contributed by atoms with E-state index < -0.39 is 23.5 Å². The number of hydrogen-bond donors (Lipinski definition) is 1. The Kier molecular flexibility index (Phi) is 8.33. The molecule has 41 heavy (non-hydrogen) atoms. The number of piperazine rings is 1. The number of rotatable bonds is 8. The third-order valence-electron chi connectivity index (χ3n) is 7.65. The van der Waals surface area contributed by atoms with E-state index in [0.29, 0.717) is 12.1 Å². The van der Waals surface area contributed by atoms with Crippen LogP contribution in [0.4, 0.5) is 15.8 Å². The minimum absolute atomic E-state index is 0.197. The van der Waals surface area contributed by atoms with Crippen LogP contribution in [0.2, 0.25) is 0 Å². The average molecular weight is 582 g/mol. The zero-order valence-electron chi connectivity index (χ0n) is 23.7. The number of carboxylic acid groups (broad SMARTS) is 1. The van der Waals surface area contributed by atoms with Crippen molar-refractivity contribution in [3.05, 3.63) is 58.7 Å². The lowest BCUT2D eigenvalue weighted by Gasteiger charge is -2.36. The Morgan fingerprint density at radius 2 is 1.80 bits per heavy atom. The van der Waals surface area contributed by atoms with Gasteiger partial charge in [-0.15, -0.1) is 11.3 Å². The van der Waals surface area contributed by atoms with E-state index in [-0.39, 0.29) is 24.7 Å². The average Bonchev–Trinajstić information content (AvgIpc) is 3.38. The summed E-state index contributed by atoms with van der Waals surface area (Å²) in [4.78, 5) is 43.6. The van der Waals surface area contributed by atoms with Crippen molar-refractivity contribution in [2.75, 3.05) is 49.1 Å². The monoisotopic (exact) mass is 581 g/mol. The minimum atomic E-state index is -1.47. The summed E-state index contributed by atoms with van der Waals surface area (Å²) in [6.45, 7) is 8.93. The number of esters is 1. The van der Waals surface area contributed by atoms with Crippen molar-refractivity contribution >= 4 is 50.6 Å². The minimum Gasteiger partial charge on any atom is -0.481 e. The van der Waals surface area contributed by atoms with Crippen molar-refractivity contribution in [3.63, 3.8) is 0 Å². The predicted molar refractivity (Wildman–Crippen MR) is 158 cm³/mol. The molecule has 2 aliphatic rings. The molecule has 0 aliphatic carbocycles. The van der Waals surface area contributed by atoms with Gasteiger partial charge in [-0.1, -0.05) is 12.1 Å². The highest BCUT2D eigenvalue weighted by atomic mass is 32.1. The molecular weight excluding hydrogens is 545 g/mol. The molecule has 10 heteroatoms. The van der Waals surface area contributed by atoms with Crippen LogP contribution in [0, 0.1) is 11.7 Å². The Bertz CT molecular complexity index is 1460. The maximum Gasteiger partial charge on any atom is 0.322 e. The van der Waals surface area contributed by atoms with Gasteiger partial charge in [-0.3, -0.25) is 19.3 Å². The third-order valence-corrected chi connectivity index (χ3v) is 8.51. The smallest absolute Gasteiger partial charge is 0.322 e. The van der Waals surface area contributed by atoms with E-state index in [1.165, 1.54) is 4.90 Å². The van der Waals surface area contributed by atoms with Gasteiger partial charge in [0.1, 0.15) is 11.4 Å². The number of benzene rings is 2. The fourth-order valence-corrected chi connectivity index (χ4v) is 6.36. The van der Waals surface area contributed by atoms with E-state index in [1.807, 2.05) is 17.5 Å². The molecule has 0 bridgehead atoms. The molecule has 218 valence electrons. The number of nitrogens with zero attached hydrogens (tertiary/aromatic N) is 3. The van der Waals surface area contributed by atoms with E-state index >= 15 is 0 Å². The Morgan fingerprint density at radius 3 is 2.51 bits per heavy atom. The Hall–Kier alpha value is -3.50. The van der Waals surface area contributed by atoms with Crippen LogP contribution in [0.5, 0.6) is 0 Å². The standard InChI is InChI=1S/C31H36FN3O5S/c1-31(2,3)40-30(39)24(29(37)38)19-35-25-16-20(4-5-21(25)6-7-28(35)36)8-10-33-11-13-34(14-12-33)26-17-22(32)18-27-23(26)9-15-41-27/h4-5,9,15-18,24H,6-8,10-14,19H2,1-3H3,(H,37,38). The van der Waals surface area contributed by atoms with Crippen LogP contribution in [0.1, 0.15) is 38.3 Å². The Labute approximate surface area is 243 Å². The fraction of sp³-hybridized carbons (Fsp3) is 0.452. The summed E-state index contributed by atoms with van der Waals surface area (Å²) in [5.41, 5.74) is 2.79. The molecular formula is C31H36FN3O5S. The van der Waals surface area contributed by atoms with Crippen LogP contribution in [0.25, 0.3) is 10.1 Å². The van der Waals surface area contributed by atoms with Gasteiger partial charge in [-0.25, -0.2) is 4.39 Å². The highest BCUT2D eigenvalue weighted by Crippen LogP contribution is 2.33. The van der Waals surface area contributed by atoms with Crippen LogP contribution >= 0.6 is 11.3 Å². The van der Waals surface area contributed by atoms with Gasteiger partial charge in [0, 0.05) is 67.2 Å². The number of aryl methyl sites for hydroxylation is 1. The van der Waals surface area contributed by atoms with Gasteiger partial charge < -0.3 is 19.6 Å². The summed E-state index contributed by atoms with van der Waals surface area (Å²) < 4.78 is 20.5. The Morgan fingerprint density at radius 1 is 1.05 bits per heavy atom. The molecule has 8 nitrogen and oxygen atoms in total. The van der Waals surface area contributed by atoms with Gasteiger partial charge in [-0.2, -0.15) is 0 Å². The molecule has 2 aliphatic heterocycles. The molecule has 1 N–H and O–H groups in total. The zero-order chi connectivity index (χ0) is 29.3. The molecule has 1 saturated heterocycles. The summed E-state index contributed by atoms with van der Waals surface area (Å²) in [5.74, 6) is -4.04. The number of carbonyl (C=O) groups excluding carboxylic acids is 2. The summed E-state index contributed by atoms with van der Waals surface area (Å²) >= 11 is 1.55. The number of thiophene rings is 1. The van der Waals surface area contributed by atoms with Gasteiger partial charge in [0.25, 0.3) is 0 Å². The predicted octanol–water partition coefficient (Wildman–Crippen LogP) is 4.73. The van der Waals surface area contributed by atoms with E-state index in [0.717, 1.165) is 66.0 Å². The molecule has 1 fully saturated rings. The number of anilines is 2. The molecule has 1 atom stereocenters. The first-order valence-electron chi connectivity index (χ1n) is 14.0. The normalized spacial score (nSPS) is 17.0. The van der Waals surface area contributed by atoms with Gasteiger partial charge in [0.15, 0.2) is 5.92 Å². The number of halogens is 1. The fourth-order valence-electron chi connectivity index (χ4n) is 5.53. The molecule has 5 rings (SSSR count). The second-order valence-corrected chi connectivity index (χ2v) is 12.7. The number of carbonyl (C=O) groups is 3. The maximum atomic E-state index is 14.2. The van der Waals surface area contributed by atoms with Crippen LogP contribution < -0.4 is 9.80 Å². The maximum absolute atomic E-state index is 14.2. The highest BCUT2D eigenvalue weighted by Gasteiger charge is 2.36. The lowest BCUT2D eigenvalue weighted by molar-refractivity contribution is -0.166. The number of hydrogen-bond acceptors (Lipinski definition) is 7. The molecule has 1 unspecified atom stereocenters. The number of ether oxygens (including phenoxy) is 1. The number of carboxylic acids is 1. The Balaban J connectivity index is 1.23. The van der Waals surface area contributed by atoms with Crippen molar-refractivity contribution in [2.45, 2.75) is 45.6 Å². The molecule has 3 aromatic rings. The van der Waals surface area contributed by atoms with Gasteiger partial charge in [-0.05, 0) is 74.4 Å². The summed E-state index contributed by atoms with van der Waals surface area (Å²) in [5, 5.41) is 12.9. The van der Waals surface area contributed by atoms with Gasteiger partial charge in [0.2, 0.25) is 5.91 Å². The van der Waals surface area contributed by atoms with E-state index in [4.69, 9.17) is 4.74 Å². The first-order chi connectivity index (χ1) is 19.5. The highest BCUT2D eigenvalue weighted by molar-refractivity contribution is 7.17. The van der Waals surface area contributed by atoms with E-state index in [9.17, 15) is 23.9 Å². The quantitative estimate of drug-likeness (QED) is 0.304. The molecule has 1 aromatic heterocycles. The molecule has 2 aromatic carbocycles. The second-order valence-electron chi connectivity index (χ2n) is 11.7. The van der Waals surface area contributed by atoms with Crippen molar-refractivity contribution in [2.24, 2.45) is 5.92 Å². The first-order valence-corrected chi connectivity index (χ1v) is 14.9. The largest absolute Gasteiger partial charge is 0.481 e. The van der Waals surface area contributed by atoms with Crippen LogP contribution in [0.3, 0.4) is 0 Å². The van der Waals surface area contributed by atoms with Crippen molar-refractivity contribution in [1.82, 2.24) is 4.90 Å². The first kappa shape index (κ1) is 29.0. The summed E-state index contributed by atoms with van der Waals surface area (Å²) in [6, 6.07) is 11.3. The van der Waals surface area contributed by atoms with Gasteiger partial charge in [0.05, 0.1) is 0 Å². The van der Waals surface area contributed by atoms with Crippen LogP contribution in [-0.2, 0) is 32.0 Å². The number of amides is 1. The van der Waals surface area contributed by atoms with Crippen LogP contribution in [-0.4, -0.2) is 72.7 Å². The molecule has 0 radical (unpaired) electrons. The van der Waals surface area contributed by atoms with Crippen molar-refractivity contribution < 1.29 is 28.6 Å². The lowest BCUT2D eigenvalue weighted by Crippen LogP contribution is -2.47. The molecule has 1 amide bonds. The van der Waals surface area contributed by atoms with Gasteiger partial charge >= 0.3 is 11.9 Å². The van der Waals surface area contributed by atoms with E-state index in [1.54, 1.807) is 44.2 Å². The zero-order valence-corrected chi connectivity index (χ0v) is 24.5. The number of aliphatic carboxylic acids is 1. The van der Waals surface area contributed by atoms with Crippen molar-refractivity contribution in [3.8, 4) is 0 Å². The molecule has 0 spiro atoms. The van der Waals surface area contributed by atoms with E-state index in [2.05, 4.69) is 21.9 Å². The lowest BCUT2D eigenvalue weighted by atomic mass is 9.96. The SMILES string of the molecule is CC(C)(C)OC(=O)C(CN1C(=O)CCc2ccc(CCN3CCN(c4cc(F)cc5sccc45)CC3)cc21)C(=O)O. The van der Waals surface area contributed by atoms with Crippen molar-refractivity contribution in [1.29, 1.82) is 0 Å². The molecule has 3 heterocycles. The van der Waals surface area contributed by atoms with Crippen LogP contribution in [0.15, 0.2) is 41.8 Å². The third kappa shape index (κ3) is 6.70. The summed E-state index contributed by atoms with van der Waals surface area (Å²) in [6.07, 6.45) is 1.60. The summed E-state index contributed by atoms with van der Waals surface area (Å²) in [7, 11) is 0. The second kappa shape index (κ2) is 11.8. The number of fused-ring (bicyclic) bond motifs is 2. The topological polar surface area (TPSA) is 90.4 Å². The molecule has 0 saturated carbocycles.